The molecule has 0 saturated heterocycles. The molecule has 0 fully saturated rings. The highest BCUT2D eigenvalue weighted by molar-refractivity contribution is 5.66. The minimum atomic E-state index is 0.737. The molecule has 0 spiro atoms. The van der Waals surface area contributed by atoms with Crippen molar-refractivity contribution in [1.82, 2.24) is 9.38 Å². The summed E-state index contributed by atoms with van der Waals surface area (Å²) in [5.74, 6) is 0.889. The molecule has 0 aliphatic heterocycles. The number of nitrogens with zero attached hydrogens (tertiary/aromatic N) is 2. The molecule has 84 valence electrons. The van der Waals surface area contributed by atoms with E-state index in [0.717, 1.165) is 28.3 Å². The van der Waals surface area contributed by atoms with Gasteiger partial charge >= 0.3 is 0 Å². The first kappa shape index (κ1) is 9.72. The number of rotatable bonds is 1. The first-order valence-electron chi connectivity index (χ1n) is 5.32. The summed E-state index contributed by atoms with van der Waals surface area (Å²) in [6, 6.07) is 11.4. The number of nitrogen functional groups attached to an aromatic ring is 2. The second-order valence-electron chi connectivity index (χ2n) is 3.96. The summed E-state index contributed by atoms with van der Waals surface area (Å²) >= 11 is 0. The number of hydrogen-bond donors (Lipinski definition) is 2. The topological polar surface area (TPSA) is 69.3 Å². The molecule has 2 heterocycles. The van der Waals surface area contributed by atoms with Crippen LogP contribution in [-0.4, -0.2) is 9.38 Å². The van der Waals surface area contributed by atoms with E-state index in [-0.39, 0.29) is 0 Å². The van der Waals surface area contributed by atoms with E-state index in [1.165, 1.54) is 0 Å². The number of anilines is 2. The first-order valence-corrected chi connectivity index (χ1v) is 5.32. The van der Waals surface area contributed by atoms with Crippen LogP contribution in [-0.2, 0) is 0 Å². The zero-order valence-corrected chi connectivity index (χ0v) is 9.17. The van der Waals surface area contributed by atoms with Crippen LogP contribution in [0.2, 0.25) is 0 Å². The highest BCUT2D eigenvalue weighted by Crippen LogP contribution is 2.21. The normalized spacial score (nSPS) is 10.8. The predicted octanol–water partition coefficient (Wildman–Crippen LogP) is 2.17. The van der Waals surface area contributed by atoms with Gasteiger partial charge < -0.3 is 11.5 Å². The van der Waals surface area contributed by atoms with Crippen molar-refractivity contribution >= 4 is 16.9 Å². The van der Waals surface area contributed by atoms with Gasteiger partial charge in [0.05, 0.1) is 11.7 Å². The Hall–Kier alpha value is -2.49. The van der Waals surface area contributed by atoms with Gasteiger partial charge in [0.2, 0.25) is 0 Å². The molecule has 17 heavy (non-hydrogen) atoms. The molecule has 0 saturated carbocycles. The van der Waals surface area contributed by atoms with E-state index >= 15 is 0 Å². The van der Waals surface area contributed by atoms with Gasteiger partial charge in [0.15, 0.2) is 0 Å². The monoisotopic (exact) mass is 224 g/mol. The van der Waals surface area contributed by atoms with Crippen molar-refractivity contribution in [3.63, 3.8) is 0 Å². The van der Waals surface area contributed by atoms with Crippen LogP contribution in [0, 0.1) is 0 Å². The highest BCUT2D eigenvalue weighted by atomic mass is 15.0. The van der Waals surface area contributed by atoms with Crippen molar-refractivity contribution < 1.29 is 0 Å². The van der Waals surface area contributed by atoms with Crippen molar-refractivity contribution in [2.75, 3.05) is 11.5 Å². The molecular formula is C13H12N4. The maximum Gasteiger partial charge on any atom is 0.144 e. The van der Waals surface area contributed by atoms with E-state index in [0.29, 0.717) is 0 Å². The highest BCUT2D eigenvalue weighted by Gasteiger charge is 2.05. The van der Waals surface area contributed by atoms with Crippen LogP contribution in [0.15, 0.2) is 48.8 Å². The standard InChI is InChI=1S/C13H12N4/c14-10-3-1-9(2-4-10)13-16-8-12-7-11(15)5-6-17(12)13/h1-8H,14-15H2. The summed E-state index contributed by atoms with van der Waals surface area (Å²) in [5, 5.41) is 0. The largest absolute Gasteiger partial charge is 0.399 e. The zero-order chi connectivity index (χ0) is 11.8. The fourth-order valence-corrected chi connectivity index (χ4v) is 1.86. The smallest absolute Gasteiger partial charge is 0.144 e. The fourth-order valence-electron chi connectivity index (χ4n) is 1.86. The van der Waals surface area contributed by atoms with E-state index in [4.69, 9.17) is 11.5 Å². The van der Waals surface area contributed by atoms with Crippen LogP contribution in [0.1, 0.15) is 0 Å². The molecule has 3 aromatic rings. The third-order valence-corrected chi connectivity index (χ3v) is 2.72. The summed E-state index contributed by atoms with van der Waals surface area (Å²) in [4.78, 5) is 4.40. The van der Waals surface area contributed by atoms with Gasteiger partial charge in [-0.25, -0.2) is 4.98 Å². The minimum absolute atomic E-state index is 0.737. The Balaban J connectivity index is 2.21. The summed E-state index contributed by atoms with van der Waals surface area (Å²) in [6.07, 6.45) is 3.73. The maximum atomic E-state index is 5.73. The molecule has 0 atom stereocenters. The number of hydrogen-bond acceptors (Lipinski definition) is 3. The van der Waals surface area contributed by atoms with Crippen LogP contribution in [0.5, 0.6) is 0 Å². The Labute approximate surface area is 98.5 Å². The molecule has 4 N–H and O–H groups in total. The Kier molecular flexibility index (Phi) is 2.01. The average molecular weight is 224 g/mol. The molecule has 1 aromatic carbocycles. The lowest BCUT2D eigenvalue weighted by Gasteiger charge is -2.02. The molecule has 0 aliphatic rings. The van der Waals surface area contributed by atoms with Gasteiger partial charge in [-0.1, -0.05) is 0 Å². The van der Waals surface area contributed by atoms with Crippen LogP contribution in [0.3, 0.4) is 0 Å². The van der Waals surface area contributed by atoms with Gasteiger partial charge in [-0.05, 0) is 36.4 Å². The van der Waals surface area contributed by atoms with Crippen molar-refractivity contribution in [3.05, 3.63) is 48.8 Å². The second-order valence-corrected chi connectivity index (χ2v) is 3.96. The van der Waals surface area contributed by atoms with E-state index in [2.05, 4.69) is 4.98 Å². The quantitative estimate of drug-likeness (QED) is 0.622. The van der Waals surface area contributed by atoms with Gasteiger partial charge in [0.1, 0.15) is 5.82 Å². The molecule has 2 aromatic heterocycles. The lowest BCUT2D eigenvalue weighted by Crippen LogP contribution is -1.92. The fraction of sp³-hybridized carbons (Fsp3) is 0. The predicted molar refractivity (Wildman–Crippen MR) is 69.5 cm³/mol. The lowest BCUT2D eigenvalue weighted by atomic mass is 10.2. The molecule has 0 radical (unpaired) electrons. The minimum Gasteiger partial charge on any atom is -0.399 e. The summed E-state index contributed by atoms with van der Waals surface area (Å²) in [5.41, 5.74) is 14.9. The Morgan fingerprint density at radius 3 is 2.47 bits per heavy atom. The molecule has 3 rings (SSSR count). The van der Waals surface area contributed by atoms with Gasteiger partial charge in [-0.3, -0.25) is 4.40 Å². The lowest BCUT2D eigenvalue weighted by molar-refractivity contribution is 1.16. The van der Waals surface area contributed by atoms with E-state index in [1.807, 2.05) is 53.2 Å². The molecule has 0 bridgehead atoms. The Morgan fingerprint density at radius 2 is 1.71 bits per heavy atom. The van der Waals surface area contributed by atoms with E-state index in [9.17, 15) is 0 Å². The average Bonchev–Trinajstić information content (AvgIpc) is 2.73. The molecule has 4 heteroatoms. The van der Waals surface area contributed by atoms with Gasteiger partial charge in [0.25, 0.3) is 0 Å². The zero-order valence-electron chi connectivity index (χ0n) is 9.17. The van der Waals surface area contributed by atoms with Crippen molar-refractivity contribution in [2.45, 2.75) is 0 Å². The Bertz CT molecular complexity index is 667. The number of nitrogens with two attached hydrogens (primary N) is 2. The Morgan fingerprint density at radius 1 is 0.941 bits per heavy atom. The molecule has 0 unspecified atom stereocenters. The second kappa shape index (κ2) is 3.52. The van der Waals surface area contributed by atoms with Crippen molar-refractivity contribution in [2.24, 2.45) is 0 Å². The SMILES string of the molecule is Nc1ccc(-c2ncc3cc(N)ccn23)cc1. The number of benzene rings is 1. The first-order chi connectivity index (χ1) is 8.24. The summed E-state index contributed by atoms with van der Waals surface area (Å²) < 4.78 is 2.00. The molecule has 4 nitrogen and oxygen atoms in total. The third-order valence-electron chi connectivity index (χ3n) is 2.72. The number of imidazole rings is 1. The number of aromatic nitrogens is 2. The van der Waals surface area contributed by atoms with Gasteiger partial charge in [0, 0.05) is 23.1 Å². The summed E-state index contributed by atoms with van der Waals surface area (Å²) in [7, 11) is 0. The third kappa shape index (κ3) is 1.59. The van der Waals surface area contributed by atoms with E-state index in [1.54, 1.807) is 0 Å². The van der Waals surface area contributed by atoms with Crippen LogP contribution < -0.4 is 11.5 Å². The van der Waals surface area contributed by atoms with Crippen molar-refractivity contribution in [1.29, 1.82) is 0 Å². The number of pyridine rings is 1. The van der Waals surface area contributed by atoms with Crippen LogP contribution in [0.4, 0.5) is 11.4 Å². The van der Waals surface area contributed by atoms with Crippen molar-refractivity contribution in [3.8, 4) is 11.4 Å². The van der Waals surface area contributed by atoms with Crippen LogP contribution >= 0.6 is 0 Å². The molecule has 0 amide bonds. The van der Waals surface area contributed by atoms with Gasteiger partial charge in [-0.15, -0.1) is 0 Å². The van der Waals surface area contributed by atoms with Crippen LogP contribution in [0.25, 0.3) is 16.9 Å². The van der Waals surface area contributed by atoms with E-state index < -0.39 is 0 Å². The molecular weight excluding hydrogens is 212 g/mol. The van der Waals surface area contributed by atoms with Gasteiger partial charge in [-0.2, -0.15) is 0 Å². The maximum absolute atomic E-state index is 5.73. The summed E-state index contributed by atoms with van der Waals surface area (Å²) in [6.45, 7) is 0. The number of fused-ring (bicyclic) bond motifs is 1. The molecule has 0 aliphatic carbocycles.